The minimum Gasteiger partial charge on any atom is -0.312 e. The summed E-state index contributed by atoms with van der Waals surface area (Å²) in [5, 5.41) is 3.60. The maximum absolute atomic E-state index is 3.60. The lowest BCUT2D eigenvalue weighted by molar-refractivity contribution is 0.345. The fourth-order valence-corrected chi connectivity index (χ4v) is 2.19. The molecule has 1 heteroatoms. The zero-order valence-electron chi connectivity index (χ0n) is 12.2. The van der Waals surface area contributed by atoms with Crippen molar-refractivity contribution in [2.75, 3.05) is 0 Å². The summed E-state index contributed by atoms with van der Waals surface area (Å²) in [6, 6.07) is 1.28. The largest absolute Gasteiger partial charge is 0.312 e. The van der Waals surface area contributed by atoms with Crippen LogP contribution in [0.1, 0.15) is 79.6 Å². The number of hydrogen-bond acceptors (Lipinski definition) is 1. The van der Waals surface area contributed by atoms with Crippen LogP contribution >= 0.6 is 0 Å². The highest BCUT2D eigenvalue weighted by atomic mass is 14.9. The summed E-state index contributed by atoms with van der Waals surface area (Å²) in [7, 11) is 0. The van der Waals surface area contributed by atoms with Crippen LogP contribution in [0.25, 0.3) is 0 Å². The van der Waals surface area contributed by atoms with Crippen LogP contribution in [0.4, 0.5) is 0 Å². The van der Waals surface area contributed by atoms with Crippen molar-refractivity contribution in [1.82, 2.24) is 5.32 Å². The van der Waals surface area contributed by atoms with Gasteiger partial charge in [0.1, 0.15) is 0 Å². The summed E-state index contributed by atoms with van der Waals surface area (Å²) in [6.07, 6.45) is 9.87. The molecular formula is C15H33N. The molecule has 0 amide bonds. The van der Waals surface area contributed by atoms with E-state index in [2.05, 4.69) is 39.9 Å². The molecule has 98 valence electrons. The fraction of sp³-hybridized carbons (Fsp3) is 1.00. The molecule has 0 fully saturated rings. The van der Waals surface area contributed by atoms with E-state index in [4.69, 9.17) is 0 Å². The van der Waals surface area contributed by atoms with Crippen LogP contribution in [0, 0.1) is 5.92 Å². The molecule has 0 aliphatic rings. The first-order chi connectivity index (χ1) is 7.57. The fourth-order valence-electron chi connectivity index (χ4n) is 2.19. The molecule has 0 aromatic carbocycles. The third kappa shape index (κ3) is 9.21. The molecule has 0 aliphatic heterocycles. The first-order valence-corrected chi connectivity index (χ1v) is 7.34. The first-order valence-electron chi connectivity index (χ1n) is 7.34. The summed E-state index contributed by atoms with van der Waals surface area (Å²) >= 11 is 0. The predicted octanol–water partition coefficient (Wildman–Crippen LogP) is 4.76. The van der Waals surface area contributed by atoms with Crippen LogP contribution in [0.3, 0.4) is 0 Å². The van der Waals surface area contributed by atoms with E-state index in [1.54, 1.807) is 0 Å². The molecular weight excluding hydrogens is 194 g/mol. The number of rotatable bonds is 10. The Kier molecular flexibility index (Phi) is 10.1. The summed E-state index contributed by atoms with van der Waals surface area (Å²) in [6.45, 7) is 11.4. The van der Waals surface area contributed by atoms with Crippen molar-refractivity contribution in [3.05, 3.63) is 0 Å². The Labute approximate surface area is 103 Å². The quantitative estimate of drug-likeness (QED) is 0.531. The van der Waals surface area contributed by atoms with Crippen molar-refractivity contribution in [2.24, 2.45) is 5.92 Å². The van der Waals surface area contributed by atoms with Crippen LogP contribution in [-0.4, -0.2) is 12.1 Å². The van der Waals surface area contributed by atoms with Gasteiger partial charge in [-0.15, -0.1) is 0 Å². The lowest BCUT2D eigenvalue weighted by atomic mass is 9.95. The second kappa shape index (κ2) is 10.1. The molecule has 2 atom stereocenters. The molecule has 0 heterocycles. The zero-order valence-corrected chi connectivity index (χ0v) is 12.2. The Morgan fingerprint density at radius 3 is 1.94 bits per heavy atom. The predicted molar refractivity (Wildman–Crippen MR) is 74.9 cm³/mol. The Hall–Kier alpha value is -0.0400. The van der Waals surface area contributed by atoms with Gasteiger partial charge in [0, 0.05) is 12.1 Å². The topological polar surface area (TPSA) is 12.0 Å². The molecule has 0 aromatic heterocycles. The molecule has 0 radical (unpaired) electrons. The van der Waals surface area contributed by atoms with E-state index in [0.29, 0.717) is 12.1 Å². The molecule has 0 rings (SSSR count). The highest BCUT2D eigenvalue weighted by Gasteiger charge is 2.11. The lowest BCUT2D eigenvalue weighted by Gasteiger charge is -2.23. The van der Waals surface area contributed by atoms with Gasteiger partial charge in [-0.05, 0) is 19.3 Å². The average molecular weight is 227 g/mol. The van der Waals surface area contributed by atoms with Gasteiger partial charge in [0.2, 0.25) is 0 Å². The Morgan fingerprint density at radius 2 is 1.38 bits per heavy atom. The van der Waals surface area contributed by atoms with Crippen molar-refractivity contribution in [3.63, 3.8) is 0 Å². The van der Waals surface area contributed by atoms with Gasteiger partial charge in [0.15, 0.2) is 0 Å². The van der Waals surface area contributed by atoms with Crippen molar-refractivity contribution in [1.29, 1.82) is 0 Å². The van der Waals surface area contributed by atoms with E-state index in [-0.39, 0.29) is 0 Å². The number of hydrogen-bond donors (Lipinski definition) is 1. The Morgan fingerprint density at radius 1 is 0.812 bits per heavy atom. The maximum atomic E-state index is 3.60. The number of unbranched alkanes of at least 4 members (excludes halogenated alkanes) is 5. The molecule has 16 heavy (non-hydrogen) atoms. The van der Waals surface area contributed by atoms with Gasteiger partial charge >= 0.3 is 0 Å². The minimum absolute atomic E-state index is 0.613. The van der Waals surface area contributed by atoms with Crippen LogP contribution in [-0.2, 0) is 0 Å². The molecule has 0 saturated heterocycles. The normalized spacial score (nSPS) is 15.4. The lowest BCUT2D eigenvalue weighted by Crippen LogP contribution is -2.36. The van der Waals surface area contributed by atoms with Gasteiger partial charge in [-0.3, -0.25) is 0 Å². The van der Waals surface area contributed by atoms with E-state index in [1.165, 1.54) is 44.9 Å². The van der Waals surface area contributed by atoms with E-state index in [0.717, 1.165) is 5.92 Å². The third-order valence-corrected chi connectivity index (χ3v) is 3.46. The van der Waals surface area contributed by atoms with Gasteiger partial charge in [-0.2, -0.15) is 0 Å². The summed E-state index contributed by atoms with van der Waals surface area (Å²) in [4.78, 5) is 0. The van der Waals surface area contributed by atoms with E-state index < -0.39 is 0 Å². The van der Waals surface area contributed by atoms with Gasteiger partial charge in [0.25, 0.3) is 0 Å². The van der Waals surface area contributed by atoms with E-state index in [1.807, 2.05) is 0 Å². The molecule has 2 unspecified atom stereocenters. The van der Waals surface area contributed by atoms with Crippen molar-refractivity contribution in [3.8, 4) is 0 Å². The van der Waals surface area contributed by atoms with Crippen LogP contribution in [0.15, 0.2) is 0 Å². The highest BCUT2D eigenvalue weighted by Crippen LogP contribution is 2.15. The van der Waals surface area contributed by atoms with E-state index in [9.17, 15) is 0 Å². The van der Waals surface area contributed by atoms with Gasteiger partial charge in [-0.1, -0.05) is 66.2 Å². The van der Waals surface area contributed by atoms with Crippen molar-refractivity contribution < 1.29 is 0 Å². The smallest absolute Gasteiger partial charge is 0.00667 e. The number of nitrogens with one attached hydrogen (secondary N) is 1. The molecule has 1 N–H and O–H groups in total. The summed E-state index contributed by atoms with van der Waals surface area (Å²) in [5.74, 6) is 0.813. The van der Waals surface area contributed by atoms with Gasteiger partial charge < -0.3 is 5.32 Å². The minimum atomic E-state index is 0.613. The Balaban J connectivity index is 3.38. The monoisotopic (exact) mass is 227 g/mol. The maximum Gasteiger partial charge on any atom is 0.00667 e. The molecule has 0 bridgehead atoms. The SMILES string of the molecule is CCCCCCCCC(C)C(C)NC(C)C. The van der Waals surface area contributed by atoms with Crippen LogP contribution in [0.5, 0.6) is 0 Å². The standard InChI is InChI=1S/C15H33N/c1-6-7-8-9-10-11-12-14(4)15(5)16-13(2)3/h13-16H,6-12H2,1-5H3. The van der Waals surface area contributed by atoms with Gasteiger partial charge in [0.05, 0.1) is 0 Å². The molecule has 0 spiro atoms. The van der Waals surface area contributed by atoms with Crippen LogP contribution < -0.4 is 5.32 Å². The third-order valence-electron chi connectivity index (χ3n) is 3.46. The van der Waals surface area contributed by atoms with Crippen LogP contribution in [0.2, 0.25) is 0 Å². The van der Waals surface area contributed by atoms with Gasteiger partial charge in [-0.25, -0.2) is 0 Å². The second-order valence-corrected chi connectivity index (χ2v) is 5.64. The second-order valence-electron chi connectivity index (χ2n) is 5.64. The average Bonchev–Trinajstić information content (AvgIpc) is 2.21. The van der Waals surface area contributed by atoms with Crippen molar-refractivity contribution >= 4 is 0 Å². The molecule has 0 aliphatic carbocycles. The molecule has 0 saturated carbocycles. The Bertz CT molecular complexity index is 142. The first kappa shape index (κ1) is 16.0. The molecule has 0 aromatic rings. The molecule has 1 nitrogen and oxygen atoms in total. The highest BCUT2D eigenvalue weighted by molar-refractivity contribution is 4.70. The summed E-state index contributed by atoms with van der Waals surface area (Å²) < 4.78 is 0. The van der Waals surface area contributed by atoms with Crippen molar-refractivity contribution in [2.45, 2.75) is 91.6 Å². The van der Waals surface area contributed by atoms with E-state index >= 15 is 0 Å². The zero-order chi connectivity index (χ0) is 12.4. The summed E-state index contributed by atoms with van der Waals surface area (Å²) in [5.41, 5.74) is 0.